The maximum Gasteiger partial charge on any atom is 0.251 e. The van der Waals surface area contributed by atoms with Crippen molar-refractivity contribution in [3.05, 3.63) is 42.0 Å². The zero-order valence-electron chi connectivity index (χ0n) is 19.2. The van der Waals surface area contributed by atoms with Gasteiger partial charge in [-0.25, -0.2) is 0 Å². The van der Waals surface area contributed by atoms with Crippen LogP contribution in [-0.2, 0) is 9.53 Å². The van der Waals surface area contributed by atoms with Crippen LogP contribution < -0.4 is 15.5 Å². The van der Waals surface area contributed by atoms with Crippen molar-refractivity contribution < 1.29 is 14.3 Å². The van der Waals surface area contributed by atoms with Gasteiger partial charge >= 0.3 is 0 Å². The van der Waals surface area contributed by atoms with Crippen LogP contribution in [0.25, 0.3) is 0 Å². The third-order valence-corrected chi connectivity index (χ3v) is 5.44. The Morgan fingerprint density at radius 2 is 1.80 bits per heavy atom. The van der Waals surface area contributed by atoms with E-state index in [1.54, 1.807) is 0 Å². The molecule has 0 unspecified atom stereocenters. The second-order valence-electron chi connectivity index (χ2n) is 9.17. The van der Waals surface area contributed by atoms with E-state index in [2.05, 4.69) is 56.7 Å². The summed E-state index contributed by atoms with van der Waals surface area (Å²) in [4.78, 5) is 28.1. The molecular weight excluding hydrogens is 378 g/mol. The smallest absolute Gasteiger partial charge is 0.251 e. The Morgan fingerprint density at radius 1 is 1.20 bits per heavy atom. The van der Waals surface area contributed by atoms with Gasteiger partial charge in [0, 0.05) is 24.3 Å². The van der Waals surface area contributed by atoms with E-state index in [9.17, 15) is 9.59 Å². The van der Waals surface area contributed by atoms with Gasteiger partial charge < -0.3 is 20.3 Å². The van der Waals surface area contributed by atoms with Crippen LogP contribution in [0, 0.1) is 5.41 Å². The van der Waals surface area contributed by atoms with Crippen molar-refractivity contribution in [2.45, 2.75) is 66.2 Å². The summed E-state index contributed by atoms with van der Waals surface area (Å²) < 4.78 is 5.55. The van der Waals surface area contributed by atoms with Crippen molar-refractivity contribution >= 4 is 17.5 Å². The van der Waals surface area contributed by atoms with Gasteiger partial charge in [0.1, 0.15) is 6.04 Å². The van der Waals surface area contributed by atoms with Crippen molar-refractivity contribution in [1.29, 1.82) is 0 Å². The standard InChI is InChI=1S/C24H37N3O3/c1-8-27(9-2)19-12-10-18(11-13-19)22(28)25-20(14-24(5,6)7)23(29)26-21-16(3)15-30-17(21)4/h10-13,17,20-21H,3,8-9,14-15H2,1-2,4-7H3,(H,25,28)(H,26,29)/t17-,20+,21+/m1/s1. The number of rotatable bonds is 8. The number of carbonyl (C=O) groups excluding carboxylic acids is 2. The predicted octanol–water partition coefficient (Wildman–Crippen LogP) is 3.53. The predicted molar refractivity (Wildman–Crippen MR) is 122 cm³/mol. The largest absolute Gasteiger partial charge is 0.372 e. The monoisotopic (exact) mass is 415 g/mol. The fraction of sp³-hybridized carbons (Fsp3) is 0.583. The number of nitrogens with zero attached hydrogens (tertiary/aromatic N) is 1. The summed E-state index contributed by atoms with van der Waals surface area (Å²) in [6.07, 6.45) is 0.399. The summed E-state index contributed by atoms with van der Waals surface area (Å²) in [7, 11) is 0. The van der Waals surface area contributed by atoms with Crippen molar-refractivity contribution in [2.75, 3.05) is 24.6 Å². The van der Waals surface area contributed by atoms with Crippen molar-refractivity contribution in [2.24, 2.45) is 5.41 Å². The summed E-state index contributed by atoms with van der Waals surface area (Å²) in [5.74, 6) is -0.457. The van der Waals surface area contributed by atoms with Gasteiger partial charge in [-0.2, -0.15) is 0 Å². The normalized spacial score (nSPS) is 20.0. The Morgan fingerprint density at radius 3 is 2.27 bits per heavy atom. The third kappa shape index (κ3) is 6.33. The molecule has 0 bridgehead atoms. The molecule has 1 aromatic carbocycles. The molecule has 0 saturated carbocycles. The van der Waals surface area contributed by atoms with Gasteiger partial charge in [0.2, 0.25) is 5.91 Å². The van der Waals surface area contributed by atoms with Crippen LogP contribution in [0.4, 0.5) is 5.69 Å². The molecule has 0 radical (unpaired) electrons. The highest BCUT2D eigenvalue weighted by Gasteiger charge is 2.33. The molecule has 1 fully saturated rings. The Bertz CT molecular complexity index is 748. The van der Waals surface area contributed by atoms with E-state index in [-0.39, 0.29) is 29.4 Å². The maximum atomic E-state index is 13.0. The summed E-state index contributed by atoms with van der Waals surface area (Å²) in [5.41, 5.74) is 2.34. The first-order valence-electron chi connectivity index (χ1n) is 10.8. The average molecular weight is 416 g/mol. The first-order chi connectivity index (χ1) is 14.1. The summed E-state index contributed by atoms with van der Waals surface area (Å²) in [6, 6.07) is 6.64. The average Bonchev–Trinajstić information content (AvgIpc) is 2.99. The minimum absolute atomic E-state index is 0.125. The molecule has 0 spiro atoms. The van der Waals surface area contributed by atoms with Crippen LogP contribution in [0.1, 0.15) is 58.3 Å². The Hall–Kier alpha value is -2.34. The zero-order valence-corrected chi connectivity index (χ0v) is 19.2. The molecule has 166 valence electrons. The van der Waals surface area contributed by atoms with Crippen molar-refractivity contribution in [1.82, 2.24) is 10.6 Å². The quantitative estimate of drug-likeness (QED) is 0.637. The highest BCUT2D eigenvalue weighted by Crippen LogP contribution is 2.23. The molecule has 2 N–H and O–H groups in total. The van der Waals surface area contributed by atoms with Crippen LogP contribution in [0.5, 0.6) is 0 Å². The highest BCUT2D eigenvalue weighted by molar-refractivity contribution is 5.98. The van der Waals surface area contributed by atoms with Gasteiger partial charge in [-0.1, -0.05) is 27.4 Å². The molecule has 30 heavy (non-hydrogen) atoms. The molecule has 6 nitrogen and oxygen atoms in total. The molecule has 1 saturated heterocycles. The Balaban J connectivity index is 2.12. The minimum Gasteiger partial charge on any atom is -0.372 e. The Labute approximate surface area is 181 Å². The van der Waals surface area contributed by atoms with Crippen LogP contribution in [0.3, 0.4) is 0 Å². The van der Waals surface area contributed by atoms with Gasteiger partial charge in [-0.05, 0) is 62.4 Å². The topological polar surface area (TPSA) is 70.7 Å². The lowest BCUT2D eigenvalue weighted by atomic mass is 9.87. The summed E-state index contributed by atoms with van der Waals surface area (Å²) in [5, 5.41) is 5.95. The molecule has 3 atom stereocenters. The molecule has 6 heteroatoms. The third-order valence-electron chi connectivity index (χ3n) is 5.44. The van der Waals surface area contributed by atoms with E-state index in [1.165, 1.54) is 0 Å². The van der Waals surface area contributed by atoms with Crippen molar-refractivity contribution in [3.63, 3.8) is 0 Å². The molecule has 0 aliphatic carbocycles. The minimum atomic E-state index is -0.638. The van der Waals surface area contributed by atoms with Crippen LogP contribution in [0.2, 0.25) is 0 Å². The van der Waals surface area contributed by atoms with Crippen LogP contribution in [-0.4, -0.2) is 49.7 Å². The maximum absolute atomic E-state index is 13.0. The van der Waals surface area contributed by atoms with E-state index >= 15 is 0 Å². The van der Waals surface area contributed by atoms with E-state index in [0.717, 1.165) is 24.4 Å². The van der Waals surface area contributed by atoms with E-state index in [4.69, 9.17) is 4.74 Å². The van der Waals surface area contributed by atoms with E-state index < -0.39 is 6.04 Å². The van der Waals surface area contributed by atoms with Gasteiger partial charge in [0.25, 0.3) is 5.91 Å². The Kier molecular flexibility index (Phi) is 8.07. The first-order valence-corrected chi connectivity index (χ1v) is 10.8. The van der Waals surface area contributed by atoms with Crippen LogP contribution in [0.15, 0.2) is 36.4 Å². The van der Waals surface area contributed by atoms with Crippen molar-refractivity contribution in [3.8, 4) is 0 Å². The molecule has 0 aromatic heterocycles. The number of nitrogens with one attached hydrogen (secondary N) is 2. The molecule has 1 aliphatic rings. The number of hydrogen-bond acceptors (Lipinski definition) is 4. The number of anilines is 1. The first kappa shape index (κ1) is 23.9. The highest BCUT2D eigenvalue weighted by atomic mass is 16.5. The van der Waals surface area contributed by atoms with Gasteiger partial charge in [-0.15, -0.1) is 0 Å². The van der Waals surface area contributed by atoms with Gasteiger partial charge in [0.15, 0.2) is 0 Å². The number of ether oxygens (including phenoxy) is 1. The summed E-state index contributed by atoms with van der Waals surface area (Å²) in [6.45, 7) is 18.5. The summed E-state index contributed by atoms with van der Waals surface area (Å²) >= 11 is 0. The number of carbonyl (C=O) groups is 2. The molecule has 1 heterocycles. The number of benzene rings is 1. The zero-order chi connectivity index (χ0) is 22.5. The lowest BCUT2D eigenvalue weighted by molar-refractivity contribution is -0.124. The lowest BCUT2D eigenvalue weighted by Crippen LogP contribution is -2.52. The SMILES string of the molecule is C=C1CO[C@H](C)[C@H]1NC(=O)[C@H](CC(C)(C)C)NC(=O)c1ccc(N(CC)CC)cc1. The lowest BCUT2D eigenvalue weighted by Gasteiger charge is -2.28. The molecule has 1 aromatic rings. The molecule has 1 aliphatic heterocycles. The number of hydrogen-bond donors (Lipinski definition) is 2. The number of amides is 2. The fourth-order valence-electron chi connectivity index (χ4n) is 3.71. The van der Waals surface area contributed by atoms with E-state index in [1.807, 2.05) is 31.2 Å². The fourth-order valence-corrected chi connectivity index (χ4v) is 3.71. The van der Waals surface area contributed by atoms with Gasteiger partial charge in [0.05, 0.1) is 18.8 Å². The van der Waals surface area contributed by atoms with Gasteiger partial charge in [-0.3, -0.25) is 9.59 Å². The molecule has 2 rings (SSSR count). The second kappa shape index (κ2) is 10.1. The molecule has 2 amide bonds. The second-order valence-corrected chi connectivity index (χ2v) is 9.17. The van der Waals surface area contributed by atoms with Crippen LogP contribution >= 0.6 is 0 Å². The van der Waals surface area contributed by atoms with E-state index in [0.29, 0.717) is 18.6 Å². The molecular formula is C24H37N3O3.